The molecule has 1 amide bonds. The number of likely N-dealkylation sites (tertiary alicyclic amines) is 1. The lowest BCUT2D eigenvalue weighted by atomic mass is 9.97. The quantitative estimate of drug-likeness (QED) is 0.725. The van der Waals surface area contributed by atoms with Crippen molar-refractivity contribution in [3.63, 3.8) is 0 Å². The second kappa shape index (κ2) is 7.79. The molecule has 1 aliphatic heterocycles. The van der Waals surface area contributed by atoms with E-state index >= 15 is 0 Å². The minimum absolute atomic E-state index is 0.00203. The Labute approximate surface area is 162 Å². The van der Waals surface area contributed by atoms with Crippen molar-refractivity contribution in [3.8, 4) is 11.7 Å². The van der Waals surface area contributed by atoms with Crippen LogP contribution in [0.3, 0.4) is 0 Å². The number of carbonyl (C=O) groups is 1. The van der Waals surface area contributed by atoms with Gasteiger partial charge in [0.25, 0.3) is 5.91 Å². The fourth-order valence-corrected chi connectivity index (χ4v) is 3.44. The van der Waals surface area contributed by atoms with Gasteiger partial charge in [-0.1, -0.05) is 0 Å². The van der Waals surface area contributed by atoms with Crippen LogP contribution >= 0.6 is 0 Å². The van der Waals surface area contributed by atoms with Gasteiger partial charge in [0, 0.05) is 31.0 Å². The largest absolute Gasteiger partial charge is 0.477 e. The van der Waals surface area contributed by atoms with Gasteiger partial charge in [-0.15, -0.1) is 0 Å². The van der Waals surface area contributed by atoms with E-state index in [1.807, 2.05) is 24.8 Å². The van der Waals surface area contributed by atoms with E-state index in [1.165, 1.54) is 6.33 Å². The molecule has 0 aliphatic carbocycles. The molecule has 28 heavy (non-hydrogen) atoms. The number of hydrogen-bond donors (Lipinski definition) is 1. The number of aryl methyl sites for hydroxylation is 2. The number of nitrogens with one attached hydrogen (secondary N) is 1. The number of rotatable bonds is 5. The van der Waals surface area contributed by atoms with Crippen molar-refractivity contribution in [1.29, 1.82) is 0 Å². The van der Waals surface area contributed by atoms with Gasteiger partial charge in [0.1, 0.15) is 12.0 Å². The molecule has 0 atom stereocenters. The normalized spacial score (nSPS) is 15.0. The first-order valence-corrected chi connectivity index (χ1v) is 9.37. The van der Waals surface area contributed by atoms with Gasteiger partial charge in [0.05, 0.1) is 12.3 Å². The molecule has 3 aromatic rings. The summed E-state index contributed by atoms with van der Waals surface area (Å²) in [4.78, 5) is 22.7. The van der Waals surface area contributed by atoms with Crippen molar-refractivity contribution in [1.82, 2.24) is 34.8 Å². The summed E-state index contributed by atoms with van der Waals surface area (Å²) in [5, 5.41) is 11.0. The van der Waals surface area contributed by atoms with Gasteiger partial charge in [-0.05, 0) is 44.7 Å². The van der Waals surface area contributed by atoms with Gasteiger partial charge in [-0.3, -0.25) is 9.89 Å². The standard InChI is InChI=1S/C19H23N7O2/c1-13-9-14(2)26(24-13)17-10-18(21-12-20-17)28-11-15-4-7-25(8-5-15)19(27)16-3-6-22-23-16/h3,6,9-10,12,15H,4-5,7-8,11H2,1-2H3,(H,22,23). The third-order valence-electron chi connectivity index (χ3n) is 4.95. The van der Waals surface area contributed by atoms with E-state index < -0.39 is 0 Å². The van der Waals surface area contributed by atoms with E-state index in [4.69, 9.17) is 4.74 Å². The molecule has 9 nitrogen and oxygen atoms in total. The molecular formula is C19H23N7O2. The third-order valence-corrected chi connectivity index (χ3v) is 4.95. The highest BCUT2D eigenvalue weighted by Gasteiger charge is 2.24. The van der Waals surface area contributed by atoms with E-state index in [-0.39, 0.29) is 5.91 Å². The molecule has 4 heterocycles. The molecule has 146 valence electrons. The summed E-state index contributed by atoms with van der Waals surface area (Å²) in [7, 11) is 0. The van der Waals surface area contributed by atoms with E-state index in [1.54, 1.807) is 23.0 Å². The lowest BCUT2D eigenvalue weighted by molar-refractivity contribution is 0.0653. The Bertz CT molecular complexity index is 943. The Morgan fingerprint density at radius 3 is 2.75 bits per heavy atom. The summed E-state index contributed by atoms with van der Waals surface area (Å²) in [5.41, 5.74) is 2.49. The summed E-state index contributed by atoms with van der Waals surface area (Å²) < 4.78 is 7.69. The van der Waals surface area contributed by atoms with Gasteiger partial charge in [0.2, 0.25) is 5.88 Å². The number of hydrogen-bond acceptors (Lipinski definition) is 6. The van der Waals surface area contributed by atoms with Crippen LogP contribution in [0.15, 0.2) is 30.7 Å². The number of ether oxygens (including phenoxy) is 1. The molecule has 1 aliphatic rings. The highest BCUT2D eigenvalue weighted by atomic mass is 16.5. The van der Waals surface area contributed by atoms with Crippen molar-refractivity contribution in [2.75, 3.05) is 19.7 Å². The Kier molecular flexibility index (Phi) is 5.05. The number of aromatic amines is 1. The second-order valence-electron chi connectivity index (χ2n) is 7.07. The van der Waals surface area contributed by atoms with Crippen LogP contribution in [0.2, 0.25) is 0 Å². The van der Waals surface area contributed by atoms with Gasteiger partial charge < -0.3 is 9.64 Å². The summed E-state index contributed by atoms with van der Waals surface area (Å²) in [6, 6.07) is 5.50. The average molecular weight is 381 g/mol. The van der Waals surface area contributed by atoms with Crippen LogP contribution in [-0.4, -0.2) is 60.4 Å². The van der Waals surface area contributed by atoms with Crippen LogP contribution in [0.1, 0.15) is 34.7 Å². The monoisotopic (exact) mass is 381 g/mol. The molecular weight excluding hydrogens is 358 g/mol. The van der Waals surface area contributed by atoms with Crippen LogP contribution in [0, 0.1) is 19.8 Å². The highest BCUT2D eigenvalue weighted by molar-refractivity contribution is 5.92. The molecule has 0 aromatic carbocycles. The molecule has 0 unspecified atom stereocenters. The maximum atomic E-state index is 12.3. The first kappa shape index (κ1) is 18.1. The van der Waals surface area contributed by atoms with E-state index in [2.05, 4.69) is 25.3 Å². The van der Waals surface area contributed by atoms with E-state index in [0.717, 1.165) is 24.2 Å². The van der Waals surface area contributed by atoms with Crippen molar-refractivity contribution >= 4 is 5.91 Å². The van der Waals surface area contributed by atoms with Crippen LogP contribution < -0.4 is 4.74 Å². The average Bonchev–Trinajstić information content (AvgIpc) is 3.36. The Morgan fingerprint density at radius 2 is 2.07 bits per heavy atom. The summed E-state index contributed by atoms with van der Waals surface area (Å²) in [6.07, 6.45) is 4.88. The minimum atomic E-state index is 0.00203. The number of carbonyl (C=O) groups excluding carboxylic acids is 1. The third kappa shape index (κ3) is 3.88. The van der Waals surface area contributed by atoms with Crippen molar-refractivity contribution in [2.45, 2.75) is 26.7 Å². The predicted octanol–water partition coefficient (Wildman–Crippen LogP) is 1.93. The van der Waals surface area contributed by atoms with Gasteiger partial charge in [0.15, 0.2) is 5.82 Å². The molecule has 1 N–H and O–H groups in total. The number of piperidine rings is 1. The zero-order valence-electron chi connectivity index (χ0n) is 16.0. The first-order chi connectivity index (χ1) is 13.6. The van der Waals surface area contributed by atoms with Crippen molar-refractivity contribution in [3.05, 3.63) is 47.8 Å². The number of H-pyrrole nitrogens is 1. The SMILES string of the molecule is Cc1cc(C)n(-c2cc(OCC3CCN(C(=O)c4ccn[nH]4)CC3)ncn2)n1. The Balaban J connectivity index is 1.32. The van der Waals surface area contributed by atoms with Crippen molar-refractivity contribution < 1.29 is 9.53 Å². The minimum Gasteiger partial charge on any atom is -0.477 e. The predicted molar refractivity (Wildman–Crippen MR) is 101 cm³/mol. The van der Waals surface area contributed by atoms with Crippen LogP contribution in [0.4, 0.5) is 0 Å². The topological polar surface area (TPSA) is 102 Å². The summed E-state index contributed by atoms with van der Waals surface area (Å²) in [5.74, 6) is 1.62. The molecule has 9 heteroatoms. The lowest BCUT2D eigenvalue weighted by Gasteiger charge is -2.31. The first-order valence-electron chi connectivity index (χ1n) is 9.37. The molecule has 0 radical (unpaired) electrons. The zero-order chi connectivity index (χ0) is 19.5. The van der Waals surface area contributed by atoms with Crippen LogP contribution in [0.5, 0.6) is 5.88 Å². The fourth-order valence-electron chi connectivity index (χ4n) is 3.44. The molecule has 0 saturated carbocycles. The molecule has 1 fully saturated rings. The maximum Gasteiger partial charge on any atom is 0.271 e. The van der Waals surface area contributed by atoms with Gasteiger partial charge in [-0.25, -0.2) is 14.6 Å². The lowest BCUT2D eigenvalue weighted by Crippen LogP contribution is -2.39. The molecule has 1 saturated heterocycles. The molecule has 4 rings (SSSR count). The number of amides is 1. The van der Waals surface area contributed by atoms with Crippen LogP contribution in [0.25, 0.3) is 5.82 Å². The maximum absolute atomic E-state index is 12.3. The smallest absolute Gasteiger partial charge is 0.271 e. The highest BCUT2D eigenvalue weighted by Crippen LogP contribution is 2.20. The number of aromatic nitrogens is 6. The summed E-state index contributed by atoms with van der Waals surface area (Å²) in [6.45, 7) is 5.94. The molecule has 0 spiro atoms. The Morgan fingerprint density at radius 1 is 1.25 bits per heavy atom. The number of nitrogens with zero attached hydrogens (tertiary/aromatic N) is 6. The Hall–Kier alpha value is -3.23. The molecule has 3 aromatic heterocycles. The van der Waals surface area contributed by atoms with Crippen molar-refractivity contribution in [2.24, 2.45) is 5.92 Å². The van der Waals surface area contributed by atoms with Gasteiger partial charge in [-0.2, -0.15) is 10.2 Å². The van der Waals surface area contributed by atoms with E-state index in [9.17, 15) is 4.79 Å². The van der Waals surface area contributed by atoms with Crippen LogP contribution in [-0.2, 0) is 0 Å². The van der Waals surface area contributed by atoms with E-state index in [0.29, 0.717) is 43.0 Å². The second-order valence-corrected chi connectivity index (χ2v) is 7.07. The van der Waals surface area contributed by atoms with Gasteiger partial charge >= 0.3 is 0 Å². The molecule has 0 bridgehead atoms. The summed E-state index contributed by atoms with van der Waals surface area (Å²) >= 11 is 0. The fraction of sp³-hybridized carbons (Fsp3) is 0.421. The zero-order valence-corrected chi connectivity index (χ0v) is 16.0.